The molecule has 0 saturated carbocycles. The van der Waals surface area contributed by atoms with E-state index >= 15 is 0 Å². The molecule has 0 aliphatic carbocycles. The minimum absolute atomic E-state index is 0.275. The van der Waals surface area contributed by atoms with Gasteiger partial charge in [-0.15, -0.1) is 0 Å². The summed E-state index contributed by atoms with van der Waals surface area (Å²) in [5.74, 6) is 1.94. The zero-order valence-electron chi connectivity index (χ0n) is 15.5. The number of benzene rings is 1. The lowest BCUT2D eigenvalue weighted by Gasteiger charge is -2.37. The highest BCUT2D eigenvalue weighted by Gasteiger charge is 2.24. The number of carbonyl (C=O) groups is 1. The Morgan fingerprint density at radius 3 is 2.38 bits per heavy atom. The van der Waals surface area contributed by atoms with Crippen LogP contribution in [0.1, 0.15) is 5.56 Å². The van der Waals surface area contributed by atoms with Crippen LogP contribution in [0.4, 0.5) is 0 Å². The van der Waals surface area contributed by atoms with Gasteiger partial charge in [-0.2, -0.15) is 0 Å². The molecule has 7 heteroatoms. The summed E-state index contributed by atoms with van der Waals surface area (Å²) < 4.78 is 10.8. The second-order valence-electron chi connectivity index (χ2n) is 7.42. The normalized spacial score (nSPS) is 22.0. The Hall–Kier alpha value is -1.83. The Balaban J connectivity index is 1.23. The average molecular weight is 360 g/mol. The van der Waals surface area contributed by atoms with E-state index in [0.29, 0.717) is 13.3 Å². The maximum absolute atomic E-state index is 12.6. The van der Waals surface area contributed by atoms with Gasteiger partial charge in [0.05, 0.1) is 6.54 Å². The Morgan fingerprint density at radius 1 is 0.923 bits per heavy atom. The number of ether oxygens (including phenoxy) is 2. The zero-order chi connectivity index (χ0) is 17.9. The molecule has 1 aromatic rings. The molecule has 4 rings (SSSR count). The lowest BCUT2D eigenvalue weighted by Crippen LogP contribution is -2.53. The highest BCUT2D eigenvalue weighted by atomic mass is 16.7. The van der Waals surface area contributed by atoms with Crippen LogP contribution in [0.2, 0.25) is 0 Å². The molecule has 1 amide bonds. The fourth-order valence-electron chi connectivity index (χ4n) is 3.75. The summed E-state index contributed by atoms with van der Waals surface area (Å²) in [6.07, 6.45) is 0. The number of rotatable bonds is 4. The van der Waals surface area contributed by atoms with Gasteiger partial charge in [0.1, 0.15) is 0 Å². The number of fused-ring (bicyclic) bond motifs is 1. The van der Waals surface area contributed by atoms with Crippen molar-refractivity contribution in [1.29, 1.82) is 0 Å². The predicted octanol–water partition coefficient (Wildman–Crippen LogP) is 0.307. The highest BCUT2D eigenvalue weighted by molar-refractivity contribution is 5.78. The molecule has 3 aliphatic rings. The first kappa shape index (κ1) is 17.6. The number of likely N-dealkylation sites (N-methyl/N-ethyl adjacent to an activating group) is 1. The molecule has 7 nitrogen and oxygen atoms in total. The van der Waals surface area contributed by atoms with Crippen molar-refractivity contribution < 1.29 is 14.3 Å². The third kappa shape index (κ3) is 4.11. The Kier molecular flexibility index (Phi) is 5.28. The Labute approximate surface area is 155 Å². The molecule has 1 aromatic carbocycles. The van der Waals surface area contributed by atoms with Gasteiger partial charge in [0, 0.05) is 58.9 Å². The van der Waals surface area contributed by atoms with E-state index in [4.69, 9.17) is 9.47 Å². The van der Waals surface area contributed by atoms with E-state index in [1.165, 1.54) is 5.56 Å². The molecule has 0 atom stereocenters. The molecule has 2 saturated heterocycles. The predicted molar refractivity (Wildman–Crippen MR) is 98.4 cm³/mol. The van der Waals surface area contributed by atoms with Gasteiger partial charge >= 0.3 is 0 Å². The lowest BCUT2D eigenvalue weighted by atomic mass is 10.1. The van der Waals surface area contributed by atoms with E-state index in [1.54, 1.807) is 0 Å². The Morgan fingerprint density at radius 2 is 1.62 bits per heavy atom. The fourth-order valence-corrected chi connectivity index (χ4v) is 3.75. The molecule has 2 fully saturated rings. The lowest BCUT2D eigenvalue weighted by molar-refractivity contribution is -0.134. The number of hydrogen-bond acceptors (Lipinski definition) is 6. The second-order valence-corrected chi connectivity index (χ2v) is 7.42. The summed E-state index contributed by atoms with van der Waals surface area (Å²) in [5, 5.41) is 0. The van der Waals surface area contributed by atoms with Crippen LogP contribution in [0, 0.1) is 0 Å². The van der Waals surface area contributed by atoms with Crippen molar-refractivity contribution in [2.24, 2.45) is 0 Å². The molecule has 3 aliphatic heterocycles. The average Bonchev–Trinajstić information content (AvgIpc) is 3.12. The van der Waals surface area contributed by atoms with Crippen molar-refractivity contribution in [3.63, 3.8) is 0 Å². The van der Waals surface area contributed by atoms with Gasteiger partial charge in [-0.1, -0.05) is 6.07 Å². The van der Waals surface area contributed by atoms with Gasteiger partial charge in [0.2, 0.25) is 12.7 Å². The summed E-state index contributed by atoms with van der Waals surface area (Å²) in [5.41, 5.74) is 1.23. The molecular weight excluding hydrogens is 332 g/mol. The third-order valence-electron chi connectivity index (χ3n) is 5.52. The van der Waals surface area contributed by atoms with Crippen LogP contribution in [0.3, 0.4) is 0 Å². The quantitative estimate of drug-likeness (QED) is 0.770. The second kappa shape index (κ2) is 7.82. The summed E-state index contributed by atoms with van der Waals surface area (Å²) in [4.78, 5) is 21.6. The zero-order valence-corrected chi connectivity index (χ0v) is 15.5. The van der Waals surface area contributed by atoms with E-state index in [1.807, 2.05) is 11.0 Å². The number of carbonyl (C=O) groups excluding carboxylic acids is 1. The SMILES string of the molecule is CN1CCN(CC(=O)N2CCN(Cc3ccc4c(c3)OCO4)CC2)CC1. The highest BCUT2D eigenvalue weighted by Crippen LogP contribution is 2.32. The number of hydrogen-bond donors (Lipinski definition) is 0. The van der Waals surface area contributed by atoms with Gasteiger partial charge in [0.15, 0.2) is 11.5 Å². The summed E-state index contributed by atoms with van der Waals surface area (Å²) >= 11 is 0. The van der Waals surface area contributed by atoms with Crippen molar-refractivity contribution in [1.82, 2.24) is 19.6 Å². The van der Waals surface area contributed by atoms with Crippen LogP contribution in [-0.2, 0) is 11.3 Å². The van der Waals surface area contributed by atoms with Gasteiger partial charge in [-0.25, -0.2) is 0 Å². The molecule has 0 N–H and O–H groups in total. The van der Waals surface area contributed by atoms with E-state index in [9.17, 15) is 4.79 Å². The smallest absolute Gasteiger partial charge is 0.236 e. The van der Waals surface area contributed by atoms with Crippen LogP contribution in [-0.4, -0.2) is 98.3 Å². The van der Waals surface area contributed by atoms with E-state index in [-0.39, 0.29) is 5.91 Å². The largest absolute Gasteiger partial charge is 0.454 e. The van der Waals surface area contributed by atoms with E-state index < -0.39 is 0 Å². The molecule has 0 radical (unpaired) electrons. The number of piperazine rings is 2. The minimum atomic E-state index is 0.275. The van der Waals surface area contributed by atoms with Crippen LogP contribution in [0.25, 0.3) is 0 Å². The summed E-state index contributed by atoms with van der Waals surface area (Å²) in [7, 11) is 2.14. The van der Waals surface area contributed by atoms with Crippen molar-refractivity contribution in [3.05, 3.63) is 23.8 Å². The molecule has 0 aromatic heterocycles. The first-order valence-corrected chi connectivity index (χ1v) is 9.47. The fraction of sp³-hybridized carbons (Fsp3) is 0.632. The maximum Gasteiger partial charge on any atom is 0.236 e. The number of amides is 1. The molecule has 0 spiro atoms. The van der Waals surface area contributed by atoms with Crippen molar-refractivity contribution >= 4 is 5.91 Å². The van der Waals surface area contributed by atoms with Crippen molar-refractivity contribution in [3.8, 4) is 11.5 Å². The van der Waals surface area contributed by atoms with E-state index in [2.05, 4.69) is 33.9 Å². The standard InChI is InChI=1S/C19H28N4O3/c1-20-4-6-22(7-5-20)14-19(24)23-10-8-21(9-11-23)13-16-2-3-17-18(12-16)26-15-25-17/h2-3,12H,4-11,13-15H2,1H3. The first-order valence-electron chi connectivity index (χ1n) is 9.47. The monoisotopic (exact) mass is 360 g/mol. The van der Waals surface area contributed by atoms with Gasteiger partial charge in [-0.05, 0) is 24.7 Å². The van der Waals surface area contributed by atoms with Crippen LogP contribution in [0.15, 0.2) is 18.2 Å². The molecular formula is C19H28N4O3. The minimum Gasteiger partial charge on any atom is -0.454 e. The first-order chi connectivity index (χ1) is 12.7. The van der Waals surface area contributed by atoms with Crippen LogP contribution < -0.4 is 9.47 Å². The van der Waals surface area contributed by atoms with Crippen molar-refractivity contribution in [2.75, 3.05) is 72.7 Å². The van der Waals surface area contributed by atoms with Crippen LogP contribution in [0.5, 0.6) is 11.5 Å². The Bertz CT molecular complexity index is 638. The molecule has 142 valence electrons. The number of nitrogens with zero attached hydrogens (tertiary/aromatic N) is 4. The summed E-state index contributed by atoms with van der Waals surface area (Å²) in [6.45, 7) is 9.33. The molecule has 3 heterocycles. The van der Waals surface area contributed by atoms with Crippen molar-refractivity contribution in [2.45, 2.75) is 6.54 Å². The van der Waals surface area contributed by atoms with Crippen LogP contribution >= 0.6 is 0 Å². The van der Waals surface area contributed by atoms with Gasteiger partial charge < -0.3 is 19.3 Å². The summed E-state index contributed by atoms with van der Waals surface area (Å²) in [6, 6.07) is 6.14. The maximum atomic E-state index is 12.6. The molecule has 26 heavy (non-hydrogen) atoms. The molecule has 0 bridgehead atoms. The van der Waals surface area contributed by atoms with Gasteiger partial charge in [-0.3, -0.25) is 14.6 Å². The third-order valence-corrected chi connectivity index (χ3v) is 5.52. The van der Waals surface area contributed by atoms with E-state index in [0.717, 1.165) is 70.4 Å². The topological polar surface area (TPSA) is 48.5 Å². The van der Waals surface area contributed by atoms with Gasteiger partial charge in [0.25, 0.3) is 0 Å². The molecule has 0 unspecified atom stereocenters.